The third kappa shape index (κ3) is 3.89. The smallest absolute Gasteiger partial charge is 0.261 e. The van der Waals surface area contributed by atoms with Crippen LogP contribution < -0.4 is 14.8 Å². The van der Waals surface area contributed by atoms with Gasteiger partial charge >= 0.3 is 0 Å². The highest BCUT2D eigenvalue weighted by Crippen LogP contribution is 2.30. The van der Waals surface area contributed by atoms with Crippen LogP contribution in [0.3, 0.4) is 0 Å². The number of fused-ring (bicyclic) bond motifs is 1. The summed E-state index contributed by atoms with van der Waals surface area (Å²) in [5.41, 5.74) is 2.96. The molecular weight excluding hydrogens is 398 g/mol. The average molecular weight is 422 g/mol. The summed E-state index contributed by atoms with van der Waals surface area (Å²) < 4.78 is 12.5. The van der Waals surface area contributed by atoms with E-state index in [0.717, 1.165) is 27.2 Å². The summed E-state index contributed by atoms with van der Waals surface area (Å²) in [6.45, 7) is 2.50. The van der Waals surface area contributed by atoms with Crippen LogP contribution >= 0.6 is 11.3 Å². The van der Waals surface area contributed by atoms with Crippen molar-refractivity contribution in [2.75, 3.05) is 20.8 Å². The first-order valence-electron chi connectivity index (χ1n) is 9.64. The molecule has 4 aromatic rings. The number of aromatic nitrogens is 2. The standard InChI is InChI=1S/C23H23N3O3S/c1-15-18-14-21(30-23(18)26(25-15)17-7-5-4-6-8-17)22(27)24-12-11-16-9-10-19(28-2)20(13-16)29-3/h4-10,13-14H,11-12H2,1-3H3,(H,24,27). The van der Waals surface area contributed by atoms with Crippen LogP contribution in [0.4, 0.5) is 0 Å². The maximum absolute atomic E-state index is 12.7. The quantitative estimate of drug-likeness (QED) is 0.481. The van der Waals surface area contributed by atoms with Crippen molar-refractivity contribution in [2.45, 2.75) is 13.3 Å². The van der Waals surface area contributed by atoms with Gasteiger partial charge in [0.15, 0.2) is 11.5 Å². The van der Waals surface area contributed by atoms with Crippen molar-refractivity contribution in [1.29, 1.82) is 0 Å². The number of rotatable bonds is 7. The Labute approximate surface area is 179 Å². The molecule has 0 aliphatic carbocycles. The summed E-state index contributed by atoms with van der Waals surface area (Å²) in [6.07, 6.45) is 0.702. The predicted octanol–water partition coefficient (Wildman–Crippen LogP) is 4.39. The zero-order valence-electron chi connectivity index (χ0n) is 17.1. The molecule has 0 fully saturated rings. The van der Waals surface area contributed by atoms with Gasteiger partial charge in [0.2, 0.25) is 0 Å². The Morgan fingerprint density at radius 1 is 1.07 bits per heavy atom. The summed E-state index contributed by atoms with van der Waals surface area (Å²) in [6, 6.07) is 17.7. The van der Waals surface area contributed by atoms with Crippen molar-refractivity contribution in [3.05, 3.63) is 70.7 Å². The molecule has 0 spiro atoms. The fraction of sp³-hybridized carbons (Fsp3) is 0.217. The molecule has 0 aliphatic heterocycles. The fourth-order valence-corrected chi connectivity index (χ4v) is 4.45. The van der Waals surface area contributed by atoms with Crippen LogP contribution in [0, 0.1) is 6.92 Å². The van der Waals surface area contributed by atoms with Crippen LogP contribution in [0.2, 0.25) is 0 Å². The topological polar surface area (TPSA) is 65.4 Å². The Kier molecular flexibility index (Phi) is 5.72. The van der Waals surface area contributed by atoms with Gasteiger partial charge in [0.25, 0.3) is 5.91 Å². The van der Waals surface area contributed by atoms with E-state index in [1.807, 2.05) is 66.2 Å². The largest absolute Gasteiger partial charge is 0.493 e. The van der Waals surface area contributed by atoms with Crippen LogP contribution in [0.25, 0.3) is 15.9 Å². The number of hydrogen-bond acceptors (Lipinski definition) is 5. The summed E-state index contributed by atoms with van der Waals surface area (Å²) in [5, 5.41) is 8.65. The lowest BCUT2D eigenvalue weighted by molar-refractivity contribution is 0.0958. The second-order valence-electron chi connectivity index (χ2n) is 6.86. The van der Waals surface area contributed by atoms with E-state index in [0.29, 0.717) is 29.3 Å². The normalized spacial score (nSPS) is 10.9. The average Bonchev–Trinajstić information content (AvgIpc) is 3.35. The molecule has 0 aliphatic rings. The monoisotopic (exact) mass is 421 g/mol. The molecule has 0 saturated carbocycles. The highest BCUT2D eigenvalue weighted by molar-refractivity contribution is 7.20. The van der Waals surface area contributed by atoms with Crippen LogP contribution in [-0.2, 0) is 6.42 Å². The van der Waals surface area contributed by atoms with Gasteiger partial charge in [-0.3, -0.25) is 4.79 Å². The summed E-state index contributed by atoms with van der Waals surface area (Å²) in [4.78, 5) is 14.4. The summed E-state index contributed by atoms with van der Waals surface area (Å²) in [7, 11) is 3.23. The first-order valence-corrected chi connectivity index (χ1v) is 10.5. The van der Waals surface area contributed by atoms with Crippen molar-refractivity contribution in [3.8, 4) is 17.2 Å². The number of thiophene rings is 1. The van der Waals surface area contributed by atoms with E-state index >= 15 is 0 Å². The molecule has 2 aromatic carbocycles. The van der Waals surface area contributed by atoms with Crippen LogP contribution in [0.15, 0.2) is 54.6 Å². The molecule has 1 N–H and O–H groups in total. The minimum atomic E-state index is -0.0734. The summed E-state index contributed by atoms with van der Waals surface area (Å²) >= 11 is 1.46. The fourth-order valence-electron chi connectivity index (χ4n) is 3.35. The van der Waals surface area contributed by atoms with Gasteiger partial charge < -0.3 is 14.8 Å². The molecular formula is C23H23N3O3S. The SMILES string of the molecule is COc1ccc(CCNC(=O)c2cc3c(C)nn(-c4ccccc4)c3s2)cc1OC. The lowest BCUT2D eigenvalue weighted by Gasteiger charge is -2.10. The van der Waals surface area contributed by atoms with E-state index in [2.05, 4.69) is 10.4 Å². The number of nitrogens with one attached hydrogen (secondary N) is 1. The van der Waals surface area contributed by atoms with Crippen molar-refractivity contribution >= 4 is 27.5 Å². The number of aryl methyl sites for hydroxylation is 1. The highest BCUT2D eigenvalue weighted by Gasteiger charge is 2.17. The minimum Gasteiger partial charge on any atom is -0.493 e. The van der Waals surface area contributed by atoms with Crippen molar-refractivity contribution in [3.63, 3.8) is 0 Å². The van der Waals surface area contributed by atoms with Crippen LogP contribution in [0.5, 0.6) is 11.5 Å². The summed E-state index contributed by atoms with van der Waals surface area (Å²) in [5.74, 6) is 1.31. The van der Waals surface area contributed by atoms with Gasteiger partial charge in [-0.1, -0.05) is 24.3 Å². The van der Waals surface area contributed by atoms with Crippen LogP contribution in [0.1, 0.15) is 20.9 Å². The van der Waals surface area contributed by atoms with Crippen molar-refractivity contribution < 1.29 is 14.3 Å². The van der Waals surface area contributed by atoms with Crippen LogP contribution in [-0.4, -0.2) is 36.5 Å². The van der Waals surface area contributed by atoms with Gasteiger partial charge in [0.05, 0.1) is 30.5 Å². The third-order valence-electron chi connectivity index (χ3n) is 4.92. The molecule has 0 atom stereocenters. The zero-order valence-corrected chi connectivity index (χ0v) is 18.0. The number of ether oxygens (including phenoxy) is 2. The molecule has 0 unspecified atom stereocenters. The first kappa shape index (κ1) is 20.0. The van der Waals surface area contributed by atoms with Gasteiger partial charge in [-0.05, 0) is 49.2 Å². The van der Waals surface area contributed by atoms with E-state index in [1.54, 1.807) is 14.2 Å². The first-order chi connectivity index (χ1) is 14.6. The van der Waals surface area contributed by atoms with E-state index in [4.69, 9.17) is 9.47 Å². The second kappa shape index (κ2) is 8.59. The van der Waals surface area contributed by atoms with Gasteiger partial charge in [-0.2, -0.15) is 5.10 Å². The molecule has 0 bridgehead atoms. The van der Waals surface area contributed by atoms with Gasteiger partial charge in [0, 0.05) is 11.9 Å². The molecule has 2 heterocycles. The maximum atomic E-state index is 12.7. The van der Waals surface area contributed by atoms with E-state index in [-0.39, 0.29) is 5.91 Å². The predicted molar refractivity (Wildman–Crippen MR) is 119 cm³/mol. The lowest BCUT2D eigenvalue weighted by Crippen LogP contribution is -2.24. The molecule has 30 heavy (non-hydrogen) atoms. The Morgan fingerprint density at radius 3 is 2.57 bits per heavy atom. The Hall–Kier alpha value is -3.32. The van der Waals surface area contributed by atoms with E-state index in [1.165, 1.54) is 11.3 Å². The zero-order chi connectivity index (χ0) is 21.1. The van der Waals surface area contributed by atoms with Crippen molar-refractivity contribution in [1.82, 2.24) is 15.1 Å². The maximum Gasteiger partial charge on any atom is 0.261 e. The number of amides is 1. The van der Waals surface area contributed by atoms with Crippen molar-refractivity contribution in [2.24, 2.45) is 0 Å². The molecule has 4 rings (SSSR count). The Morgan fingerprint density at radius 2 is 1.83 bits per heavy atom. The third-order valence-corrected chi connectivity index (χ3v) is 6.03. The Bertz CT molecular complexity index is 1180. The molecule has 1 amide bonds. The molecule has 7 heteroatoms. The Balaban J connectivity index is 1.46. The second-order valence-corrected chi connectivity index (χ2v) is 7.89. The van der Waals surface area contributed by atoms with E-state index in [9.17, 15) is 4.79 Å². The van der Waals surface area contributed by atoms with E-state index < -0.39 is 0 Å². The number of nitrogens with zero attached hydrogens (tertiary/aromatic N) is 2. The molecule has 0 radical (unpaired) electrons. The van der Waals surface area contributed by atoms with Gasteiger partial charge in [-0.15, -0.1) is 11.3 Å². The molecule has 2 aromatic heterocycles. The number of methoxy groups -OCH3 is 2. The number of para-hydroxylation sites is 1. The lowest BCUT2D eigenvalue weighted by atomic mass is 10.1. The molecule has 0 saturated heterocycles. The molecule has 6 nitrogen and oxygen atoms in total. The number of hydrogen-bond donors (Lipinski definition) is 1. The molecule has 154 valence electrons. The van der Waals surface area contributed by atoms with Gasteiger partial charge in [-0.25, -0.2) is 4.68 Å². The number of carbonyl (C=O) groups excluding carboxylic acids is 1. The minimum absolute atomic E-state index is 0.0734. The highest BCUT2D eigenvalue weighted by atomic mass is 32.1. The van der Waals surface area contributed by atoms with Gasteiger partial charge in [0.1, 0.15) is 4.83 Å². The number of carbonyl (C=O) groups is 1. The number of benzene rings is 2.